The number of hydrogen-bond acceptors (Lipinski definition) is 9. The Morgan fingerprint density at radius 3 is 1.57 bits per heavy atom. The van der Waals surface area contributed by atoms with Crippen molar-refractivity contribution in [3.05, 3.63) is 0 Å². The van der Waals surface area contributed by atoms with Gasteiger partial charge in [0.2, 0.25) is 29.5 Å². The number of carbonyl (C=O) groups excluding carboxylic acids is 5. The first-order chi connectivity index (χ1) is 17.1. The van der Waals surface area contributed by atoms with E-state index in [1.165, 1.54) is 0 Å². The van der Waals surface area contributed by atoms with Crippen LogP contribution in [0.5, 0.6) is 0 Å². The number of carboxylic acid groups (broad SMARTS) is 2. The van der Waals surface area contributed by atoms with E-state index in [2.05, 4.69) is 20.9 Å². The second kappa shape index (κ2) is 16.2. The van der Waals surface area contributed by atoms with Crippen LogP contribution in [0.2, 0.25) is 0 Å². The Hall–Kier alpha value is -4.48. The summed E-state index contributed by atoms with van der Waals surface area (Å²) in [5.41, 5.74) is 26.2. The third kappa shape index (κ3) is 14.5. The van der Waals surface area contributed by atoms with E-state index in [1.807, 2.05) is 0 Å². The normalized spacial score (nSPS) is 13.6. The van der Waals surface area contributed by atoms with Crippen LogP contribution in [-0.2, 0) is 33.6 Å². The Balaban J connectivity index is 5.49. The molecule has 0 aliphatic heterocycles. The molecule has 15 N–H and O–H groups in total. The third-order valence-electron chi connectivity index (χ3n) is 4.64. The number of rotatable bonds is 18. The smallest absolute Gasteiger partial charge is 0.326 e. The zero-order valence-electron chi connectivity index (χ0n) is 19.8. The quantitative estimate of drug-likeness (QED) is 0.0449. The van der Waals surface area contributed by atoms with Crippen LogP contribution >= 0.6 is 0 Å². The number of nitrogens with one attached hydrogen (secondary N) is 3. The molecule has 0 aliphatic carbocycles. The standard InChI is InChI=1S/C19H33N9O9/c20-8(3-4-14(31)32)15(33)27-10(6-12(21)29)17(35)28-11(7-13(22)30)16(34)26-9(18(36)37)2-1-5-25-19(23)24/h8-11H,1-7,20H2,(H2,21,29)(H2,22,30)(H,26,34)(H,27,33)(H,28,35)(H,31,32)(H,36,37)(H4,23,24,25). The zero-order chi connectivity index (χ0) is 28.7. The largest absolute Gasteiger partial charge is 0.481 e. The van der Waals surface area contributed by atoms with Crippen molar-refractivity contribution in [3.8, 4) is 0 Å². The second-order valence-corrected chi connectivity index (χ2v) is 7.85. The minimum Gasteiger partial charge on any atom is -0.481 e. The van der Waals surface area contributed by atoms with Gasteiger partial charge in [-0.3, -0.25) is 33.8 Å². The lowest BCUT2D eigenvalue weighted by molar-refractivity contribution is -0.143. The Morgan fingerprint density at radius 1 is 0.703 bits per heavy atom. The Labute approximate surface area is 210 Å². The van der Waals surface area contributed by atoms with Crippen LogP contribution in [0.4, 0.5) is 0 Å². The van der Waals surface area contributed by atoms with Crippen LogP contribution in [0.1, 0.15) is 38.5 Å². The first kappa shape index (κ1) is 32.5. The topological polar surface area (TPSA) is 338 Å². The maximum Gasteiger partial charge on any atom is 0.326 e. The summed E-state index contributed by atoms with van der Waals surface area (Å²) >= 11 is 0. The van der Waals surface area contributed by atoms with Crippen LogP contribution in [0.25, 0.3) is 0 Å². The Kier molecular flexibility index (Phi) is 14.3. The molecule has 0 saturated carbocycles. The molecule has 0 saturated heterocycles. The molecule has 0 aromatic rings. The maximum atomic E-state index is 12.7. The molecule has 208 valence electrons. The number of nitrogens with zero attached hydrogens (tertiary/aromatic N) is 1. The van der Waals surface area contributed by atoms with E-state index in [4.69, 9.17) is 33.8 Å². The van der Waals surface area contributed by atoms with Gasteiger partial charge in [0.1, 0.15) is 18.1 Å². The van der Waals surface area contributed by atoms with Crippen molar-refractivity contribution in [2.45, 2.75) is 62.7 Å². The second-order valence-electron chi connectivity index (χ2n) is 7.85. The summed E-state index contributed by atoms with van der Waals surface area (Å²) in [4.78, 5) is 86.4. The minimum atomic E-state index is -1.68. The molecule has 0 aromatic heterocycles. The van der Waals surface area contributed by atoms with E-state index < -0.39 is 84.9 Å². The summed E-state index contributed by atoms with van der Waals surface area (Å²) in [6.45, 7) is 0.0759. The molecule has 37 heavy (non-hydrogen) atoms. The first-order valence-corrected chi connectivity index (χ1v) is 10.9. The Bertz CT molecular complexity index is 905. The number of carbonyl (C=O) groups is 7. The van der Waals surface area contributed by atoms with Gasteiger partial charge in [-0.2, -0.15) is 0 Å². The number of aliphatic imine (C=N–C) groups is 1. The fourth-order valence-corrected chi connectivity index (χ4v) is 2.82. The molecule has 18 heteroatoms. The molecular weight excluding hydrogens is 498 g/mol. The fraction of sp³-hybridized carbons (Fsp3) is 0.579. The summed E-state index contributed by atoms with van der Waals surface area (Å²) in [5.74, 6) is -8.12. The molecule has 0 rings (SSSR count). The molecule has 18 nitrogen and oxygen atoms in total. The van der Waals surface area contributed by atoms with Gasteiger partial charge in [0, 0.05) is 13.0 Å². The molecule has 0 heterocycles. The summed E-state index contributed by atoms with van der Waals surface area (Å²) < 4.78 is 0. The highest BCUT2D eigenvalue weighted by Gasteiger charge is 2.32. The van der Waals surface area contributed by atoms with Crippen LogP contribution in [0.3, 0.4) is 0 Å². The summed E-state index contributed by atoms with van der Waals surface area (Å²) in [6, 6.07) is -6.13. The number of hydrogen-bond donors (Lipinski definition) is 10. The molecule has 0 fully saturated rings. The highest BCUT2D eigenvalue weighted by atomic mass is 16.4. The number of carboxylic acids is 2. The van der Waals surface area contributed by atoms with Crippen LogP contribution in [-0.4, -0.2) is 88.4 Å². The van der Waals surface area contributed by atoms with Gasteiger partial charge in [-0.25, -0.2) is 4.79 Å². The SMILES string of the molecule is NC(=O)CC(NC(=O)C(N)CCC(=O)O)C(=O)NC(CC(N)=O)C(=O)NC(CCCN=C(N)N)C(=O)O. The molecule has 0 spiro atoms. The van der Waals surface area contributed by atoms with E-state index in [0.29, 0.717) is 0 Å². The van der Waals surface area contributed by atoms with Gasteiger partial charge >= 0.3 is 11.9 Å². The highest BCUT2D eigenvalue weighted by molar-refractivity contribution is 5.97. The number of nitrogens with two attached hydrogens (primary N) is 5. The number of guanidine groups is 1. The first-order valence-electron chi connectivity index (χ1n) is 10.9. The van der Waals surface area contributed by atoms with E-state index in [-0.39, 0.29) is 31.8 Å². The summed E-state index contributed by atoms with van der Waals surface area (Å²) in [7, 11) is 0. The summed E-state index contributed by atoms with van der Waals surface area (Å²) in [6.07, 6.45) is -2.16. The minimum absolute atomic E-state index is 0.0759. The van der Waals surface area contributed by atoms with E-state index >= 15 is 0 Å². The van der Waals surface area contributed by atoms with Gasteiger partial charge in [-0.05, 0) is 19.3 Å². The third-order valence-corrected chi connectivity index (χ3v) is 4.64. The highest BCUT2D eigenvalue weighted by Crippen LogP contribution is 2.03. The molecule has 4 unspecified atom stereocenters. The van der Waals surface area contributed by atoms with Crippen LogP contribution < -0.4 is 44.6 Å². The molecular formula is C19H33N9O9. The molecule has 0 radical (unpaired) electrons. The van der Waals surface area contributed by atoms with Gasteiger partial charge in [0.15, 0.2) is 5.96 Å². The van der Waals surface area contributed by atoms with E-state index in [1.54, 1.807) is 0 Å². The number of aliphatic carboxylic acids is 2. The van der Waals surface area contributed by atoms with Crippen molar-refractivity contribution >= 4 is 47.4 Å². The predicted molar refractivity (Wildman–Crippen MR) is 126 cm³/mol. The lowest BCUT2D eigenvalue weighted by Crippen LogP contribution is -2.58. The van der Waals surface area contributed by atoms with Crippen LogP contribution in [0.15, 0.2) is 4.99 Å². The molecule has 4 atom stereocenters. The average molecular weight is 532 g/mol. The number of primary amides is 2. The van der Waals surface area contributed by atoms with Gasteiger partial charge in [0.25, 0.3) is 0 Å². The molecule has 0 aromatic carbocycles. The van der Waals surface area contributed by atoms with E-state index in [9.17, 15) is 38.7 Å². The lowest BCUT2D eigenvalue weighted by atomic mass is 10.1. The molecule has 0 aliphatic rings. The lowest BCUT2D eigenvalue weighted by Gasteiger charge is -2.24. The van der Waals surface area contributed by atoms with Gasteiger partial charge < -0.3 is 54.8 Å². The molecule has 0 bridgehead atoms. The predicted octanol–water partition coefficient (Wildman–Crippen LogP) is -5.48. The van der Waals surface area contributed by atoms with Gasteiger partial charge in [0.05, 0.1) is 18.9 Å². The fourth-order valence-electron chi connectivity index (χ4n) is 2.82. The monoisotopic (exact) mass is 531 g/mol. The summed E-state index contributed by atoms with van der Waals surface area (Å²) in [5, 5.41) is 24.5. The number of amides is 5. The van der Waals surface area contributed by atoms with Crippen molar-refractivity contribution in [1.29, 1.82) is 0 Å². The average Bonchev–Trinajstić information content (AvgIpc) is 2.77. The maximum absolute atomic E-state index is 12.7. The van der Waals surface area contributed by atoms with Crippen molar-refractivity contribution in [2.24, 2.45) is 33.7 Å². The zero-order valence-corrected chi connectivity index (χ0v) is 19.8. The molecule has 5 amide bonds. The van der Waals surface area contributed by atoms with Crippen molar-refractivity contribution < 1.29 is 43.8 Å². The van der Waals surface area contributed by atoms with Gasteiger partial charge in [-0.15, -0.1) is 0 Å². The van der Waals surface area contributed by atoms with Crippen LogP contribution in [0, 0.1) is 0 Å². The van der Waals surface area contributed by atoms with Crippen molar-refractivity contribution in [2.75, 3.05) is 6.54 Å². The Morgan fingerprint density at radius 2 is 1.16 bits per heavy atom. The van der Waals surface area contributed by atoms with Crippen molar-refractivity contribution in [3.63, 3.8) is 0 Å². The van der Waals surface area contributed by atoms with Crippen molar-refractivity contribution in [1.82, 2.24) is 16.0 Å². The van der Waals surface area contributed by atoms with Gasteiger partial charge in [-0.1, -0.05) is 0 Å². The van der Waals surface area contributed by atoms with E-state index in [0.717, 1.165) is 0 Å².